The molecule has 0 unspecified atom stereocenters. The zero-order valence-electron chi connectivity index (χ0n) is 15.3. The third-order valence-electron chi connectivity index (χ3n) is 4.13. The molecule has 10 heteroatoms. The summed E-state index contributed by atoms with van der Waals surface area (Å²) in [5.41, 5.74) is 2.06. The number of hydrogen-bond donors (Lipinski definition) is 2. The Morgan fingerprint density at radius 1 is 1.35 bits per heavy atom. The van der Waals surface area contributed by atoms with Crippen molar-refractivity contribution in [1.82, 2.24) is 20.0 Å². The van der Waals surface area contributed by atoms with Gasteiger partial charge in [-0.15, -0.1) is 0 Å². The highest BCUT2D eigenvalue weighted by Crippen LogP contribution is 2.18. The number of nitrogens with zero attached hydrogens (tertiary/aromatic N) is 3. The van der Waals surface area contributed by atoms with E-state index in [1.54, 1.807) is 18.7 Å². The van der Waals surface area contributed by atoms with Crippen LogP contribution >= 0.6 is 0 Å². The van der Waals surface area contributed by atoms with Crippen LogP contribution in [-0.2, 0) is 26.2 Å². The Labute approximate surface area is 150 Å². The largest absolute Gasteiger partial charge is 0.453 e. The average molecular weight is 365 g/mol. The van der Waals surface area contributed by atoms with E-state index in [2.05, 4.69) is 15.7 Å². The number of anilines is 1. The van der Waals surface area contributed by atoms with E-state index in [1.807, 2.05) is 6.92 Å². The normalized spacial score (nSPS) is 15.0. The fourth-order valence-corrected chi connectivity index (χ4v) is 2.55. The Balaban J connectivity index is 1.78. The molecule has 0 aliphatic carbocycles. The lowest BCUT2D eigenvalue weighted by Crippen LogP contribution is -2.33. The molecule has 142 valence electrons. The second-order valence-electron chi connectivity index (χ2n) is 6.10. The van der Waals surface area contributed by atoms with Crippen molar-refractivity contribution >= 4 is 29.5 Å². The van der Waals surface area contributed by atoms with Crippen molar-refractivity contribution in [3.63, 3.8) is 0 Å². The summed E-state index contributed by atoms with van der Waals surface area (Å²) in [5.74, 6) is -1.34. The lowest BCUT2D eigenvalue weighted by atomic mass is 10.2. The summed E-state index contributed by atoms with van der Waals surface area (Å²) >= 11 is 0. The van der Waals surface area contributed by atoms with Crippen LogP contribution in [0.4, 0.5) is 10.5 Å². The van der Waals surface area contributed by atoms with Crippen molar-refractivity contribution in [3.8, 4) is 0 Å². The zero-order valence-corrected chi connectivity index (χ0v) is 15.3. The molecule has 1 atom stereocenters. The minimum absolute atomic E-state index is 0.000369. The lowest BCUT2D eigenvalue weighted by molar-refractivity contribution is -0.153. The van der Waals surface area contributed by atoms with E-state index in [9.17, 15) is 19.2 Å². The minimum atomic E-state index is -0.974. The first kappa shape index (κ1) is 19.4. The fourth-order valence-electron chi connectivity index (χ4n) is 2.55. The molecule has 2 heterocycles. The first-order valence-electron chi connectivity index (χ1n) is 8.29. The van der Waals surface area contributed by atoms with Crippen LogP contribution in [0.15, 0.2) is 0 Å². The Kier molecular flexibility index (Phi) is 5.96. The molecule has 1 aromatic heterocycles. The average Bonchev–Trinajstić information content (AvgIpc) is 3.01. The van der Waals surface area contributed by atoms with Crippen molar-refractivity contribution in [1.29, 1.82) is 0 Å². The number of aryl methyl sites for hydroxylation is 2. The van der Waals surface area contributed by atoms with E-state index >= 15 is 0 Å². The molecule has 2 N–H and O–H groups in total. The molecule has 0 saturated carbocycles. The molecule has 1 aliphatic heterocycles. The number of carbonyl (C=O) groups is 4. The van der Waals surface area contributed by atoms with Gasteiger partial charge in [-0.25, -0.2) is 4.79 Å². The maximum atomic E-state index is 12.2. The van der Waals surface area contributed by atoms with Crippen LogP contribution in [0, 0.1) is 13.8 Å². The van der Waals surface area contributed by atoms with Crippen molar-refractivity contribution in [2.24, 2.45) is 7.05 Å². The molecule has 0 radical (unpaired) electrons. The summed E-state index contributed by atoms with van der Waals surface area (Å²) in [7, 11) is 1.77. The molecule has 1 aliphatic rings. The van der Waals surface area contributed by atoms with Gasteiger partial charge in [-0.2, -0.15) is 5.10 Å². The molecule has 4 amide bonds. The van der Waals surface area contributed by atoms with Gasteiger partial charge in [0.1, 0.15) is 0 Å². The van der Waals surface area contributed by atoms with Gasteiger partial charge >= 0.3 is 12.0 Å². The van der Waals surface area contributed by atoms with Crippen LogP contribution in [0.5, 0.6) is 0 Å². The number of ether oxygens (including phenoxy) is 1. The molecule has 1 aromatic rings. The second kappa shape index (κ2) is 7.98. The second-order valence-corrected chi connectivity index (χ2v) is 6.10. The molecule has 0 bridgehead atoms. The highest BCUT2D eigenvalue weighted by Gasteiger charge is 2.28. The molecule has 1 saturated heterocycles. The SMILES string of the molecule is Cc1nn(C)c(C)c1NC(=O)[C@H](C)OC(=O)CCCN1C(=O)CNC1=O. The van der Waals surface area contributed by atoms with Gasteiger partial charge in [0, 0.05) is 20.0 Å². The number of urea groups is 1. The van der Waals surface area contributed by atoms with Crippen molar-refractivity contribution in [2.75, 3.05) is 18.4 Å². The minimum Gasteiger partial charge on any atom is -0.453 e. The Morgan fingerprint density at radius 2 is 2.04 bits per heavy atom. The number of imide groups is 1. The number of carbonyl (C=O) groups excluding carboxylic acids is 4. The van der Waals surface area contributed by atoms with Crippen molar-refractivity contribution in [3.05, 3.63) is 11.4 Å². The Morgan fingerprint density at radius 3 is 2.58 bits per heavy atom. The fraction of sp³-hybridized carbons (Fsp3) is 0.562. The van der Waals surface area contributed by atoms with Gasteiger partial charge in [0.05, 0.1) is 23.6 Å². The van der Waals surface area contributed by atoms with E-state index in [-0.39, 0.29) is 31.8 Å². The summed E-state index contributed by atoms with van der Waals surface area (Å²) in [6, 6.07) is -0.460. The van der Waals surface area contributed by atoms with Crippen molar-refractivity contribution in [2.45, 2.75) is 39.7 Å². The monoisotopic (exact) mass is 365 g/mol. The number of aromatic nitrogens is 2. The highest BCUT2D eigenvalue weighted by atomic mass is 16.5. The summed E-state index contributed by atoms with van der Waals surface area (Å²) in [4.78, 5) is 47.9. The molecule has 10 nitrogen and oxygen atoms in total. The number of nitrogens with one attached hydrogen (secondary N) is 2. The molecule has 2 rings (SSSR count). The van der Waals surface area contributed by atoms with Crippen LogP contribution in [0.3, 0.4) is 0 Å². The van der Waals surface area contributed by atoms with Gasteiger partial charge < -0.3 is 15.4 Å². The number of hydrogen-bond acceptors (Lipinski definition) is 6. The van der Waals surface area contributed by atoms with E-state index in [4.69, 9.17) is 4.74 Å². The molecule has 0 aromatic carbocycles. The summed E-state index contributed by atoms with van der Waals surface area (Å²) in [6.07, 6.45) is -0.703. The molecule has 0 spiro atoms. The predicted molar refractivity (Wildman–Crippen MR) is 91.2 cm³/mol. The quantitative estimate of drug-likeness (QED) is 0.527. The first-order valence-corrected chi connectivity index (χ1v) is 8.29. The standard InChI is InChI=1S/C16H23N5O5/c1-9-14(10(2)20(4)19-9)18-15(24)11(3)26-13(23)6-5-7-21-12(22)8-17-16(21)25/h11H,5-8H2,1-4H3,(H,17,25)(H,18,24)/t11-/m0/s1. The van der Waals surface area contributed by atoms with Crippen LogP contribution in [-0.4, -0.2) is 57.7 Å². The smallest absolute Gasteiger partial charge is 0.324 e. The van der Waals surface area contributed by atoms with Crippen LogP contribution in [0.1, 0.15) is 31.2 Å². The van der Waals surface area contributed by atoms with Gasteiger partial charge in [-0.3, -0.25) is 24.0 Å². The van der Waals surface area contributed by atoms with E-state index < -0.39 is 24.0 Å². The van der Waals surface area contributed by atoms with Gasteiger partial charge in [-0.1, -0.05) is 0 Å². The van der Waals surface area contributed by atoms with E-state index in [1.165, 1.54) is 6.92 Å². The zero-order chi connectivity index (χ0) is 19.4. The molecular weight excluding hydrogens is 342 g/mol. The topological polar surface area (TPSA) is 123 Å². The first-order chi connectivity index (χ1) is 12.2. The van der Waals surface area contributed by atoms with Gasteiger partial charge in [0.15, 0.2) is 6.10 Å². The summed E-state index contributed by atoms with van der Waals surface area (Å²) in [6.45, 7) is 5.19. The van der Waals surface area contributed by atoms with Crippen LogP contribution in [0.25, 0.3) is 0 Å². The Hall–Kier alpha value is -2.91. The molecule has 26 heavy (non-hydrogen) atoms. The number of rotatable bonds is 7. The van der Waals surface area contributed by atoms with E-state index in [0.29, 0.717) is 11.4 Å². The van der Waals surface area contributed by atoms with Gasteiger partial charge in [0.2, 0.25) is 5.91 Å². The van der Waals surface area contributed by atoms with Gasteiger partial charge in [0.25, 0.3) is 5.91 Å². The summed E-state index contributed by atoms with van der Waals surface area (Å²) < 4.78 is 6.76. The summed E-state index contributed by atoms with van der Waals surface area (Å²) in [5, 5.41) is 9.32. The predicted octanol–water partition coefficient (Wildman–Crippen LogP) is 0.239. The van der Waals surface area contributed by atoms with Gasteiger partial charge in [-0.05, 0) is 27.2 Å². The maximum Gasteiger partial charge on any atom is 0.324 e. The Bertz CT molecular complexity index is 726. The highest BCUT2D eigenvalue weighted by molar-refractivity contribution is 6.02. The molecular formula is C16H23N5O5. The number of esters is 1. The van der Waals surface area contributed by atoms with Crippen LogP contribution < -0.4 is 10.6 Å². The number of amides is 4. The van der Waals surface area contributed by atoms with Crippen molar-refractivity contribution < 1.29 is 23.9 Å². The molecule has 1 fully saturated rings. The lowest BCUT2D eigenvalue weighted by Gasteiger charge is -2.15. The van der Waals surface area contributed by atoms with E-state index in [0.717, 1.165) is 10.6 Å². The third kappa shape index (κ3) is 4.38. The maximum absolute atomic E-state index is 12.2. The third-order valence-corrected chi connectivity index (χ3v) is 4.13. The van der Waals surface area contributed by atoms with Crippen LogP contribution in [0.2, 0.25) is 0 Å².